The van der Waals surface area contributed by atoms with E-state index in [9.17, 15) is 5.26 Å². The number of hydrazone groups is 1. The second kappa shape index (κ2) is 5.89. The lowest BCUT2D eigenvalue weighted by Gasteiger charge is -2.01. The Balaban J connectivity index is 1.95. The van der Waals surface area contributed by atoms with Gasteiger partial charge >= 0.3 is 0 Å². The van der Waals surface area contributed by atoms with Gasteiger partial charge in [0.1, 0.15) is 11.8 Å². The fraction of sp³-hybridized carbons (Fsp3) is 0.176. The highest BCUT2D eigenvalue weighted by Gasteiger charge is 2.12. The molecule has 0 radical (unpaired) electrons. The Morgan fingerprint density at radius 1 is 1.22 bits per heavy atom. The predicted octanol–water partition coefficient (Wildman–Crippen LogP) is 2.97. The van der Waals surface area contributed by atoms with Crippen molar-refractivity contribution in [1.82, 2.24) is 14.4 Å². The molecule has 0 aliphatic heterocycles. The highest BCUT2D eigenvalue weighted by molar-refractivity contribution is 5.93. The van der Waals surface area contributed by atoms with Gasteiger partial charge in [0, 0.05) is 23.1 Å². The van der Waals surface area contributed by atoms with Gasteiger partial charge in [0.15, 0.2) is 0 Å². The summed E-state index contributed by atoms with van der Waals surface area (Å²) in [4.78, 5) is 8.56. The molecule has 0 amide bonds. The monoisotopic (exact) mass is 304 g/mol. The SMILES string of the molecule is Cc1cc(C)nc(N/N=C/c2c(C)c(C#N)n3ccccc23)n1. The molecule has 3 rings (SSSR count). The summed E-state index contributed by atoms with van der Waals surface area (Å²) >= 11 is 0. The first-order chi connectivity index (χ1) is 11.1. The number of hydrogen-bond donors (Lipinski definition) is 1. The molecule has 0 saturated heterocycles. The minimum absolute atomic E-state index is 0.459. The lowest BCUT2D eigenvalue weighted by molar-refractivity contribution is 1.04. The van der Waals surface area contributed by atoms with Crippen LogP contribution in [0.15, 0.2) is 35.6 Å². The first-order valence-corrected chi connectivity index (χ1v) is 7.21. The fourth-order valence-electron chi connectivity index (χ4n) is 2.59. The first-order valence-electron chi connectivity index (χ1n) is 7.21. The molecule has 3 aromatic rings. The topological polar surface area (TPSA) is 78.4 Å². The van der Waals surface area contributed by atoms with E-state index < -0.39 is 0 Å². The number of nitrogens with one attached hydrogen (secondary N) is 1. The summed E-state index contributed by atoms with van der Waals surface area (Å²) in [6.45, 7) is 5.74. The molecule has 3 heterocycles. The third kappa shape index (κ3) is 2.77. The van der Waals surface area contributed by atoms with E-state index in [1.165, 1.54) is 0 Å². The van der Waals surface area contributed by atoms with Crippen molar-refractivity contribution in [2.24, 2.45) is 5.10 Å². The highest BCUT2D eigenvalue weighted by Crippen LogP contribution is 2.20. The molecule has 0 aromatic carbocycles. The van der Waals surface area contributed by atoms with Gasteiger partial charge in [-0.1, -0.05) is 6.07 Å². The molecule has 6 heteroatoms. The Bertz CT molecular complexity index is 925. The van der Waals surface area contributed by atoms with Gasteiger partial charge in [-0.2, -0.15) is 10.4 Å². The van der Waals surface area contributed by atoms with E-state index in [-0.39, 0.29) is 0 Å². The normalized spacial score (nSPS) is 11.0. The van der Waals surface area contributed by atoms with Gasteiger partial charge in [0.25, 0.3) is 0 Å². The van der Waals surface area contributed by atoms with Crippen molar-refractivity contribution in [2.75, 3.05) is 5.43 Å². The van der Waals surface area contributed by atoms with Gasteiger partial charge < -0.3 is 4.40 Å². The minimum atomic E-state index is 0.459. The molecule has 3 aromatic heterocycles. The van der Waals surface area contributed by atoms with E-state index in [4.69, 9.17) is 0 Å². The number of hydrogen-bond acceptors (Lipinski definition) is 5. The maximum Gasteiger partial charge on any atom is 0.243 e. The van der Waals surface area contributed by atoms with Gasteiger partial charge in [0.05, 0.1) is 11.7 Å². The zero-order chi connectivity index (χ0) is 16.4. The molecule has 0 atom stereocenters. The molecule has 23 heavy (non-hydrogen) atoms. The zero-order valence-electron chi connectivity index (χ0n) is 13.2. The Hall–Kier alpha value is -3.20. The van der Waals surface area contributed by atoms with Gasteiger partial charge in [-0.15, -0.1) is 0 Å². The van der Waals surface area contributed by atoms with Crippen LogP contribution in [0.1, 0.15) is 28.2 Å². The lowest BCUT2D eigenvalue weighted by Crippen LogP contribution is -1.99. The molecular weight excluding hydrogens is 288 g/mol. The molecular formula is C17H16N6. The van der Waals surface area contributed by atoms with Crippen LogP contribution in [-0.2, 0) is 0 Å². The number of nitriles is 1. The van der Waals surface area contributed by atoms with Gasteiger partial charge in [0.2, 0.25) is 5.95 Å². The lowest BCUT2D eigenvalue weighted by atomic mass is 10.1. The van der Waals surface area contributed by atoms with Crippen LogP contribution in [0.3, 0.4) is 0 Å². The molecule has 0 unspecified atom stereocenters. The van der Waals surface area contributed by atoms with Crippen LogP contribution in [0.25, 0.3) is 5.52 Å². The third-order valence-electron chi connectivity index (χ3n) is 3.58. The van der Waals surface area contributed by atoms with Crippen molar-refractivity contribution < 1.29 is 0 Å². The Labute approximate surface area is 134 Å². The van der Waals surface area contributed by atoms with E-state index >= 15 is 0 Å². The van der Waals surface area contributed by atoms with E-state index in [2.05, 4.69) is 26.6 Å². The second-order valence-electron chi connectivity index (χ2n) is 5.30. The van der Waals surface area contributed by atoms with E-state index in [1.54, 1.807) is 6.21 Å². The smallest absolute Gasteiger partial charge is 0.243 e. The molecule has 6 nitrogen and oxygen atoms in total. The van der Waals surface area contributed by atoms with Gasteiger partial charge in [-0.05, 0) is 44.5 Å². The Morgan fingerprint density at radius 2 is 1.96 bits per heavy atom. The number of rotatable bonds is 3. The summed E-state index contributed by atoms with van der Waals surface area (Å²) in [5.41, 5.74) is 7.96. The number of aromatic nitrogens is 3. The summed E-state index contributed by atoms with van der Waals surface area (Å²) in [7, 11) is 0. The van der Waals surface area contributed by atoms with E-state index in [1.807, 2.05) is 55.6 Å². The number of nitrogens with zero attached hydrogens (tertiary/aromatic N) is 5. The van der Waals surface area contributed by atoms with Crippen LogP contribution in [-0.4, -0.2) is 20.6 Å². The van der Waals surface area contributed by atoms with Crippen molar-refractivity contribution in [1.29, 1.82) is 5.26 Å². The van der Waals surface area contributed by atoms with Crippen molar-refractivity contribution in [3.63, 3.8) is 0 Å². The van der Waals surface area contributed by atoms with Crippen LogP contribution in [0.4, 0.5) is 5.95 Å². The number of pyridine rings is 1. The van der Waals surface area contributed by atoms with Crippen LogP contribution in [0.5, 0.6) is 0 Å². The van der Waals surface area contributed by atoms with Gasteiger partial charge in [-0.25, -0.2) is 15.4 Å². The second-order valence-corrected chi connectivity index (χ2v) is 5.30. The van der Waals surface area contributed by atoms with Crippen LogP contribution in [0, 0.1) is 32.1 Å². The molecule has 1 N–H and O–H groups in total. The average Bonchev–Trinajstić information content (AvgIpc) is 2.78. The largest absolute Gasteiger partial charge is 0.307 e. The Morgan fingerprint density at radius 3 is 2.65 bits per heavy atom. The average molecular weight is 304 g/mol. The van der Waals surface area contributed by atoms with Crippen LogP contribution in [0.2, 0.25) is 0 Å². The molecule has 0 saturated carbocycles. The number of fused-ring (bicyclic) bond motifs is 1. The molecule has 114 valence electrons. The first kappa shape index (κ1) is 14.7. The van der Waals surface area contributed by atoms with Crippen LogP contribution < -0.4 is 5.43 Å². The quantitative estimate of drug-likeness (QED) is 0.596. The maximum atomic E-state index is 9.34. The maximum absolute atomic E-state index is 9.34. The standard InChI is InChI=1S/C17H16N6/c1-11-8-12(2)21-17(20-11)22-19-10-14-13(3)16(9-18)23-7-5-4-6-15(14)23/h4-8,10H,1-3H3,(H,20,21,22)/b19-10+. The zero-order valence-corrected chi connectivity index (χ0v) is 13.2. The third-order valence-corrected chi connectivity index (χ3v) is 3.58. The van der Waals surface area contributed by atoms with Crippen molar-refractivity contribution in [3.8, 4) is 6.07 Å². The van der Waals surface area contributed by atoms with E-state index in [0.29, 0.717) is 11.6 Å². The summed E-state index contributed by atoms with van der Waals surface area (Å²) < 4.78 is 1.87. The summed E-state index contributed by atoms with van der Waals surface area (Å²) in [5, 5.41) is 13.6. The van der Waals surface area contributed by atoms with E-state index in [0.717, 1.165) is 28.0 Å². The van der Waals surface area contributed by atoms with Crippen molar-refractivity contribution in [2.45, 2.75) is 20.8 Å². The van der Waals surface area contributed by atoms with Crippen LogP contribution >= 0.6 is 0 Å². The molecule has 0 aliphatic carbocycles. The van der Waals surface area contributed by atoms with Crippen molar-refractivity contribution >= 4 is 17.7 Å². The predicted molar refractivity (Wildman–Crippen MR) is 89.6 cm³/mol. The Kier molecular flexibility index (Phi) is 3.77. The molecule has 0 aliphatic rings. The molecule has 0 fully saturated rings. The number of anilines is 1. The fourth-order valence-corrected chi connectivity index (χ4v) is 2.59. The number of aryl methyl sites for hydroxylation is 2. The summed E-state index contributed by atoms with van der Waals surface area (Å²) in [6.07, 6.45) is 3.57. The molecule has 0 spiro atoms. The molecule has 0 bridgehead atoms. The summed E-state index contributed by atoms with van der Waals surface area (Å²) in [6, 6.07) is 9.94. The van der Waals surface area contributed by atoms with Crippen molar-refractivity contribution in [3.05, 3.63) is 58.7 Å². The minimum Gasteiger partial charge on any atom is -0.307 e. The summed E-state index contributed by atoms with van der Waals surface area (Å²) in [5.74, 6) is 0.459. The highest BCUT2D eigenvalue weighted by atomic mass is 15.3. The van der Waals surface area contributed by atoms with Gasteiger partial charge in [-0.3, -0.25) is 0 Å².